The summed E-state index contributed by atoms with van der Waals surface area (Å²) in [5.41, 5.74) is 0.828. The number of nitrogens with zero attached hydrogens (tertiary/aromatic N) is 2. The second-order valence-corrected chi connectivity index (χ2v) is 6.35. The van der Waals surface area contributed by atoms with E-state index in [4.69, 9.17) is 4.74 Å². The number of likely N-dealkylation sites (tertiary alicyclic amines) is 1. The minimum absolute atomic E-state index is 0.148. The fourth-order valence-corrected chi connectivity index (χ4v) is 3.04. The summed E-state index contributed by atoms with van der Waals surface area (Å²) in [7, 11) is 3.26. The molecule has 26 heavy (non-hydrogen) atoms. The van der Waals surface area contributed by atoms with Crippen molar-refractivity contribution in [3.63, 3.8) is 0 Å². The predicted octanol–water partition coefficient (Wildman–Crippen LogP) is 1.84. The summed E-state index contributed by atoms with van der Waals surface area (Å²) >= 11 is 0. The largest absolute Gasteiger partial charge is 0.508 e. The SMILES string of the molecule is CN=C(NCCc1ccc(OC)cc1O)NC1CCN(CC(F)F)CC1. The number of rotatable bonds is 7. The van der Waals surface area contributed by atoms with Crippen molar-refractivity contribution < 1.29 is 18.6 Å². The third-order valence-corrected chi connectivity index (χ3v) is 4.53. The van der Waals surface area contributed by atoms with Gasteiger partial charge in [0.1, 0.15) is 11.5 Å². The molecule has 1 fully saturated rings. The van der Waals surface area contributed by atoms with Crippen molar-refractivity contribution in [2.45, 2.75) is 31.7 Å². The number of halogens is 2. The van der Waals surface area contributed by atoms with Gasteiger partial charge in [0, 0.05) is 38.8 Å². The number of methoxy groups -OCH3 is 1. The van der Waals surface area contributed by atoms with Gasteiger partial charge in [-0.05, 0) is 30.9 Å². The highest BCUT2D eigenvalue weighted by Crippen LogP contribution is 2.23. The van der Waals surface area contributed by atoms with E-state index >= 15 is 0 Å². The fourth-order valence-electron chi connectivity index (χ4n) is 3.04. The number of guanidine groups is 1. The Hall–Kier alpha value is -2.09. The molecule has 0 unspecified atom stereocenters. The summed E-state index contributed by atoms with van der Waals surface area (Å²) in [6.45, 7) is 1.80. The van der Waals surface area contributed by atoms with Crippen molar-refractivity contribution in [2.24, 2.45) is 4.99 Å². The maximum absolute atomic E-state index is 12.4. The van der Waals surface area contributed by atoms with Crippen LogP contribution in [0.15, 0.2) is 23.2 Å². The highest BCUT2D eigenvalue weighted by atomic mass is 19.3. The van der Waals surface area contributed by atoms with Crippen LogP contribution in [0.4, 0.5) is 8.78 Å². The zero-order valence-electron chi connectivity index (χ0n) is 15.3. The number of phenols is 1. The second kappa shape index (κ2) is 10.2. The molecule has 6 nitrogen and oxygen atoms in total. The van der Waals surface area contributed by atoms with Gasteiger partial charge in [0.25, 0.3) is 6.43 Å². The van der Waals surface area contributed by atoms with Gasteiger partial charge in [0.05, 0.1) is 13.7 Å². The molecule has 0 amide bonds. The molecule has 0 atom stereocenters. The first-order chi connectivity index (χ1) is 12.5. The number of benzene rings is 1. The molecule has 0 aromatic heterocycles. The Labute approximate surface area is 153 Å². The number of ether oxygens (including phenoxy) is 1. The Bertz CT molecular complexity index is 591. The number of phenolic OH excluding ortho intramolecular Hbond substituents is 1. The van der Waals surface area contributed by atoms with Gasteiger partial charge in [-0.25, -0.2) is 8.78 Å². The standard InChI is InChI=1S/C18H28F2N4O2/c1-21-18(23-14-6-9-24(10-7-14)12-17(19)20)22-8-5-13-3-4-15(26-2)11-16(13)25/h3-4,11,14,17,25H,5-10,12H2,1-2H3,(H2,21,22,23). The average Bonchev–Trinajstić information content (AvgIpc) is 2.63. The molecular formula is C18H28F2N4O2. The maximum Gasteiger partial charge on any atom is 0.251 e. The molecule has 1 aliphatic rings. The first-order valence-electron chi connectivity index (χ1n) is 8.85. The van der Waals surface area contributed by atoms with Gasteiger partial charge in [0.15, 0.2) is 5.96 Å². The van der Waals surface area contributed by atoms with Gasteiger partial charge < -0.3 is 20.5 Å². The molecule has 0 bridgehead atoms. The third kappa shape index (κ3) is 6.33. The van der Waals surface area contributed by atoms with Crippen LogP contribution in [0, 0.1) is 0 Å². The Morgan fingerprint density at radius 3 is 2.69 bits per heavy atom. The van der Waals surface area contributed by atoms with Gasteiger partial charge in [-0.2, -0.15) is 0 Å². The van der Waals surface area contributed by atoms with Crippen LogP contribution >= 0.6 is 0 Å². The van der Waals surface area contributed by atoms with Crippen LogP contribution in [-0.2, 0) is 6.42 Å². The van der Waals surface area contributed by atoms with E-state index < -0.39 is 6.43 Å². The molecule has 1 saturated heterocycles. The first-order valence-corrected chi connectivity index (χ1v) is 8.85. The molecule has 0 saturated carbocycles. The Morgan fingerprint density at radius 2 is 2.12 bits per heavy atom. The molecule has 0 aliphatic carbocycles. The molecule has 8 heteroatoms. The second-order valence-electron chi connectivity index (χ2n) is 6.35. The summed E-state index contributed by atoms with van der Waals surface area (Å²) in [5.74, 6) is 1.51. The molecule has 3 N–H and O–H groups in total. The van der Waals surface area contributed by atoms with Crippen LogP contribution in [0.3, 0.4) is 0 Å². The lowest BCUT2D eigenvalue weighted by Crippen LogP contribution is -2.49. The van der Waals surface area contributed by atoms with E-state index in [1.807, 2.05) is 12.1 Å². The molecule has 0 radical (unpaired) electrons. The van der Waals surface area contributed by atoms with Gasteiger partial charge >= 0.3 is 0 Å². The summed E-state index contributed by atoms with van der Waals surface area (Å²) in [5, 5.41) is 16.5. The Kier molecular flexibility index (Phi) is 7.90. The summed E-state index contributed by atoms with van der Waals surface area (Å²) < 4.78 is 29.9. The summed E-state index contributed by atoms with van der Waals surface area (Å²) in [6, 6.07) is 5.47. The van der Waals surface area contributed by atoms with Crippen molar-refractivity contribution in [3.8, 4) is 11.5 Å². The van der Waals surface area contributed by atoms with Crippen molar-refractivity contribution >= 4 is 5.96 Å². The van der Waals surface area contributed by atoms with E-state index in [0.717, 1.165) is 18.4 Å². The Balaban J connectivity index is 1.73. The number of hydrogen-bond acceptors (Lipinski definition) is 4. The quantitative estimate of drug-likeness (QED) is 0.505. The molecule has 1 heterocycles. The number of nitrogens with one attached hydrogen (secondary N) is 2. The molecule has 2 rings (SSSR count). The van der Waals surface area contributed by atoms with Gasteiger partial charge in [0.2, 0.25) is 0 Å². The zero-order valence-corrected chi connectivity index (χ0v) is 15.3. The van der Waals surface area contributed by atoms with Crippen LogP contribution in [-0.4, -0.2) is 68.8 Å². The van der Waals surface area contributed by atoms with E-state index in [1.54, 1.807) is 25.1 Å². The Morgan fingerprint density at radius 1 is 1.38 bits per heavy atom. The molecule has 146 valence electrons. The minimum Gasteiger partial charge on any atom is -0.508 e. The normalized spacial score (nSPS) is 16.7. The first kappa shape index (κ1) is 20.2. The lowest BCUT2D eigenvalue weighted by atomic mass is 10.1. The molecule has 1 aliphatic heterocycles. The number of alkyl halides is 2. The molecule has 1 aromatic rings. The highest BCUT2D eigenvalue weighted by molar-refractivity contribution is 5.80. The smallest absolute Gasteiger partial charge is 0.251 e. The van der Waals surface area contributed by atoms with Crippen LogP contribution in [0.25, 0.3) is 0 Å². The van der Waals surface area contributed by atoms with Gasteiger partial charge in [-0.15, -0.1) is 0 Å². The zero-order chi connectivity index (χ0) is 18.9. The van der Waals surface area contributed by atoms with E-state index in [0.29, 0.717) is 37.8 Å². The van der Waals surface area contributed by atoms with Crippen molar-refractivity contribution in [3.05, 3.63) is 23.8 Å². The van der Waals surface area contributed by atoms with Crippen molar-refractivity contribution in [1.82, 2.24) is 15.5 Å². The average molecular weight is 370 g/mol. The van der Waals surface area contributed by atoms with Crippen LogP contribution in [0.1, 0.15) is 18.4 Å². The molecule has 1 aromatic carbocycles. The number of hydrogen-bond donors (Lipinski definition) is 3. The van der Waals surface area contributed by atoms with Crippen LogP contribution in [0.5, 0.6) is 11.5 Å². The minimum atomic E-state index is -2.27. The van der Waals surface area contributed by atoms with Crippen molar-refractivity contribution in [1.29, 1.82) is 0 Å². The van der Waals surface area contributed by atoms with Gasteiger partial charge in [-0.1, -0.05) is 6.07 Å². The highest BCUT2D eigenvalue weighted by Gasteiger charge is 2.21. The van der Waals surface area contributed by atoms with Crippen LogP contribution < -0.4 is 15.4 Å². The van der Waals surface area contributed by atoms with E-state index in [9.17, 15) is 13.9 Å². The van der Waals surface area contributed by atoms with Gasteiger partial charge in [-0.3, -0.25) is 9.89 Å². The lowest BCUT2D eigenvalue weighted by Gasteiger charge is -2.32. The molecule has 0 spiro atoms. The number of piperidine rings is 1. The van der Waals surface area contributed by atoms with E-state index in [1.165, 1.54) is 0 Å². The monoisotopic (exact) mass is 370 g/mol. The topological polar surface area (TPSA) is 69.1 Å². The predicted molar refractivity (Wildman–Crippen MR) is 98.3 cm³/mol. The van der Waals surface area contributed by atoms with Crippen molar-refractivity contribution in [2.75, 3.05) is 40.3 Å². The number of aliphatic imine (C=N–C) groups is 1. The lowest BCUT2D eigenvalue weighted by molar-refractivity contribution is 0.0744. The number of aromatic hydroxyl groups is 1. The fraction of sp³-hybridized carbons (Fsp3) is 0.611. The van der Waals surface area contributed by atoms with Crippen LogP contribution in [0.2, 0.25) is 0 Å². The maximum atomic E-state index is 12.4. The summed E-state index contributed by atoms with van der Waals surface area (Å²) in [6.07, 6.45) is -0.00811. The van der Waals surface area contributed by atoms with E-state index in [-0.39, 0.29) is 18.3 Å². The molecular weight excluding hydrogens is 342 g/mol. The third-order valence-electron chi connectivity index (χ3n) is 4.53. The van der Waals surface area contributed by atoms with E-state index in [2.05, 4.69) is 15.6 Å². The summed E-state index contributed by atoms with van der Waals surface area (Å²) in [4.78, 5) is 6.01.